The number of rotatable bonds is 18. The van der Waals surface area contributed by atoms with Crippen molar-refractivity contribution in [1.29, 1.82) is 0 Å². The minimum absolute atomic E-state index is 0.0255. The number of aliphatic hydroxyl groups is 1. The fourth-order valence-electron chi connectivity index (χ4n) is 5.45. The van der Waals surface area contributed by atoms with E-state index in [1.165, 1.54) is 54.6 Å². The molecule has 2 aromatic carbocycles. The summed E-state index contributed by atoms with van der Waals surface area (Å²) in [6.45, 7) is 27.9. The summed E-state index contributed by atoms with van der Waals surface area (Å²) in [7, 11) is 0. The SMILES string of the molecule is C/C=C/O.CC/C=C(\C)N(CN(CCC)CCCN(CC)C(=O)Nc1ccccc1C)c1cc(C)cc(C)c1.CCCCCCC(C)C. The van der Waals surface area contributed by atoms with Crippen LogP contribution in [0.2, 0.25) is 0 Å². The Labute approximate surface area is 296 Å². The summed E-state index contributed by atoms with van der Waals surface area (Å²) in [5.74, 6) is 0.904. The highest BCUT2D eigenvalue weighted by Gasteiger charge is 2.17. The van der Waals surface area contributed by atoms with Crippen LogP contribution in [-0.4, -0.2) is 53.8 Å². The topological polar surface area (TPSA) is 59.1 Å². The predicted molar refractivity (Wildman–Crippen MR) is 212 cm³/mol. The lowest BCUT2D eigenvalue weighted by molar-refractivity contribution is 0.206. The van der Waals surface area contributed by atoms with Crippen LogP contribution in [0.25, 0.3) is 0 Å². The van der Waals surface area contributed by atoms with Crippen molar-refractivity contribution in [3.05, 3.63) is 83.3 Å². The number of para-hydroxylation sites is 1. The van der Waals surface area contributed by atoms with E-state index in [1.54, 1.807) is 13.0 Å². The highest BCUT2D eigenvalue weighted by molar-refractivity contribution is 5.90. The van der Waals surface area contributed by atoms with E-state index in [4.69, 9.17) is 5.11 Å². The molecule has 0 aliphatic heterocycles. The lowest BCUT2D eigenvalue weighted by Crippen LogP contribution is -2.40. The second-order valence-electron chi connectivity index (χ2n) is 13.2. The number of unbranched alkanes of at least 4 members (excludes halogenated alkanes) is 3. The first kappa shape index (κ1) is 44.8. The number of aryl methyl sites for hydroxylation is 3. The Kier molecular flexibility index (Phi) is 25.8. The maximum atomic E-state index is 12.9. The predicted octanol–water partition coefficient (Wildman–Crippen LogP) is 12.0. The fraction of sp³-hybridized carbons (Fsp3) is 0.595. The number of amides is 2. The molecular weight excluding hydrogens is 592 g/mol. The van der Waals surface area contributed by atoms with E-state index in [-0.39, 0.29) is 6.03 Å². The zero-order valence-corrected chi connectivity index (χ0v) is 32.7. The Balaban J connectivity index is 0.00000143. The standard InChI is InChI=1S/C30H46N4O.C9H20.C3H6O/c1-8-14-27(7)34(28-21-24(4)20-25(5)22-28)23-32(17-9-2)18-13-19-33(10-3)30(35)31-29-16-12-11-15-26(29)6;1-4-5-6-7-8-9(2)3;1-2-3-4/h11-12,14-16,20-22H,8-10,13,17-19,23H2,1-7H3,(H,31,35);9H,4-8H2,1-3H3;2-4H,1H3/b27-14+;;3-2+. The Hall–Kier alpha value is -3.25. The summed E-state index contributed by atoms with van der Waals surface area (Å²) in [4.78, 5) is 19.7. The van der Waals surface area contributed by atoms with Crippen LogP contribution in [0.5, 0.6) is 0 Å². The number of benzene rings is 2. The van der Waals surface area contributed by atoms with Crippen molar-refractivity contribution in [1.82, 2.24) is 9.80 Å². The molecule has 0 bridgehead atoms. The van der Waals surface area contributed by atoms with E-state index in [0.717, 1.165) is 69.0 Å². The largest absolute Gasteiger partial charge is 0.516 e. The first-order chi connectivity index (χ1) is 23.0. The van der Waals surface area contributed by atoms with Gasteiger partial charge in [0.1, 0.15) is 0 Å². The van der Waals surface area contributed by atoms with Gasteiger partial charge in [0.15, 0.2) is 0 Å². The molecule has 0 aromatic heterocycles. The van der Waals surface area contributed by atoms with Crippen LogP contribution in [0.15, 0.2) is 66.6 Å². The van der Waals surface area contributed by atoms with Crippen molar-refractivity contribution in [3.63, 3.8) is 0 Å². The van der Waals surface area contributed by atoms with Gasteiger partial charge < -0.3 is 20.2 Å². The number of aliphatic hydroxyl groups excluding tert-OH is 1. The lowest BCUT2D eigenvalue weighted by atomic mass is 10.1. The third-order valence-electron chi connectivity index (χ3n) is 8.07. The van der Waals surface area contributed by atoms with E-state index in [9.17, 15) is 4.79 Å². The number of hydrogen-bond acceptors (Lipinski definition) is 4. The monoisotopic (exact) mass is 665 g/mol. The van der Waals surface area contributed by atoms with Crippen LogP contribution < -0.4 is 10.2 Å². The number of carbonyl (C=O) groups excluding carboxylic acids is 1. The number of hydrogen-bond donors (Lipinski definition) is 2. The molecule has 0 aliphatic carbocycles. The Morgan fingerprint density at radius 1 is 0.875 bits per heavy atom. The molecule has 2 amide bonds. The average molecular weight is 665 g/mol. The molecule has 0 spiro atoms. The van der Waals surface area contributed by atoms with Gasteiger partial charge in [-0.3, -0.25) is 4.90 Å². The third kappa shape index (κ3) is 20.2. The van der Waals surface area contributed by atoms with E-state index < -0.39 is 0 Å². The van der Waals surface area contributed by atoms with Gasteiger partial charge in [-0.2, -0.15) is 0 Å². The second-order valence-corrected chi connectivity index (χ2v) is 13.2. The van der Waals surface area contributed by atoms with Gasteiger partial charge in [0.2, 0.25) is 0 Å². The molecule has 0 fully saturated rings. The zero-order valence-electron chi connectivity index (χ0n) is 32.7. The molecule has 0 heterocycles. The number of nitrogens with one attached hydrogen (secondary N) is 1. The minimum atomic E-state index is -0.0255. The lowest BCUT2D eigenvalue weighted by Gasteiger charge is -2.33. The molecule has 2 rings (SSSR count). The maximum Gasteiger partial charge on any atom is 0.321 e. The van der Waals surface area contributed by atoms with Gasteiger partial charge in [0, 0.05) is 36.7 Å². The van der Waals surface area contributed by atoms with Crippen molar-refractivity contribution in [2.45, 2.75) is 128 Å². The molecule has 6 heteroatoms. The number of carbonyl (C=O) groups is 1. The molecule has 0 saturated carbocycles. The molecule has 48 heavy (non-hydrogen) atoms. The Bertz CT molecular complexity index is 1150. The van der Waals surface area contributed by atoms with Crippen LogP contribution in [-0.2, 0) is 0 Å². The summed E-state index contributed by atoms with van der Waals surface area (Å²) in [6, 6.07) is 14.7. The summed E-state index contributed by atoms with van der Waals surface area (Å²) in [5.41, 5.74) is 7.06. The second kappa shape index (κ2) is 27.7. The van der Waals surface area contributed by atoms with Crippen molar-refractivity contribution in [2.75, 3.05) is 43.1 Å². The summed E-state index contributed by atoms with van der Waals surface area (Å²) in [5, 5.41) is 10.8. The number of nitrogens with zero attached hydrogens (tertiary/aromatic N) is 3. The van der Waals surface area contributed by atoms with Gasteiger partial charge in [-0.05, 0) is 108 Å². The van der Waals surface area contributed by atoms with Crippen molar-refractivity contribution in [2.24, 2.45) is 5.92 Å². The Morgan fingerprint density at radius 3 is 2.04 bits per heavy atom. The normalized spacial score (nSPS) is 11.2. The molecule has 272 valence electrons. The van der Waals surface area contributed by atoms with E-state index in [2.05, 4.69) is 94.8 Å². The highest BCUT2D eigenvalue weighted by atomic mass is 16.2. The highest BCUT2D eigenvalue weighted by Crippen LogP contribution is 2.24. The van der Waals surface area contributed by atoms with Crippen LogP contribution in [0.3, 0.4) is 0 Å². The summed E-state index contributed by atoms with van der Waals surface area (Å²) in [6.07, 6.45) is 15.0. The minimum Gasteiger partial charge on any atom is -0.516 e. The summed E-state index contributed by atoms with van der Waals surface area (Å²) < 4.78 is 0. The molecule has 0 aliphatic rings. The van der Waals surface area contributed by atoms with Gasteiger partial charge in [-0.15, -0.1) is 0 Å². The molecule has 0 saturated heterocycles. The van der Waals surface area contributed by atoms with Crippen LogP contribution in [0.4, 0.5) is 16.2 Å². The van der Waals surface area contributed by atoms with Gasteiger partial charge in [-0.25, -0.2) is 4.79 Å². The molecular formula is C42H72N4O2. The number of urea groups is 1. The zero-order chi connectivity index (χ0) is 36.3. The molecule has 0 radical (unpaired) electrons. The first-order valence-electron chi connectivity index (χ1n) is 18.6. The van der Waals surface area contributed by atoms with Gasteiger partial charge in [-0.1, -0.05) is 103 Å². The van der Waals surface area contributed by atoms with E-state index in [1.807, 2.05) is 43.0 Å². The summed E-state index contributed by atoms with van der Waals surface area (Å²) >= 11 is 0. The van der Waals surface area contributed by atoms with E-state index >= 15 is 0 Å². The Morgan fingerprint density at radius 2 is 1.52 bits per heavy atom. The van der Waals surface area contributed by atoms with Crippen molar-refractivity contribution in [3.8, 4) is 0 Å². The van der Waals surface area contributed by atoms with Crippen LogP contribution >= 0.6 is 0 Å². The van der Waals surface area contributed by atoms with Crippen LogP contribution in [0, 0.1) is 26.7 Å². The van der Waals surface area contributed by atoms with Crippen molar-refractivity contribution < 1.29 is 9.90 Å². The van der Waals surface area contributed by atoms with E-state index in [0.29, 0.717) is 6.54 Å². The van der Waals surface area contributed by atoms with Gasteiger partial charge in [0.05, 0.1) is 12.9 Å². The average Bonchev–Trinajstić information content (AvgIpc) is 3.04. The quantitative estimate of drug-likeness (QED) is 0.0946. The van der Waals surface area contributed by atoms with Gasteiger partial charge >= 0.3 is 6.03 Å². The fourth-order valence-corrected chi connectivity index (χ4v) is 5.45. The molecule has 6 nitrogen and oxygen atoms in total. The third-order valence-corrected chi connectivity index (χ3v) is 8.07. The van der Waals surface area contributed by atoms with Crippen molar-refractivity contribution >= 4 is 17.4 Å². The molecule has 2 aromatic rings. The molecule has 0 atom stereocenters. The molecule has 0 unspecified atom stereocenters. The first-order valence-corrected chi connectivity index (χ1v) is 18.6. The number of anilines is 2. The van der Waals surface area contributed by atoms with Gasteiger partial charge in [0.25, 0.3) is 0 Å². The smallest absolute Gasteiger partial charge is 0.321 e. The van der Waals surface area contributed by atoms with Crippen LogP contribution in [0.1, 0.15) is 123 Å². The maximum absolute atomic E-state index is 12.9. The molecule has 2 N–H and O–H groups in total. The number of allylic oxidation sites excluding steroid dienone is 3.